The predicted molar refractivity (Wildman–Crippen MR) is 83.1 cm³/mol. The van der Waals surface area contributed by atoms with Crippen LogP contribution in [0.15, 0.2) is 17.2 Å². The summed E-state index contributed by atoms with van der Waals surface area (Å²) in [5.74, 6) is -0.0153. The lowest BCUT2D eigenvalue weighted by molar-refractivity contribution is -0.121. The Hall–Kier alpha value is -0.870. The van der Waals surface area contributed by atoms with Gasteiger partial charge in [0.1, 0.15) is 0 Å². The molecular weight excluding hydrogens is 280 g/mol. The molecule has 0 saturated heterocycles. The molecule has 0 aromatic carbocycles. The Bertz CT molecular complexity index is 429. The first kappa shape index (κ1) is 16.2. The molecule has 0 atom stereocenters. The molecule has 3 nitrogen and oxygen atoms in total. The van der Waals surface area contributed by atoms with Crippen LogP contribution in [0.5, 0.6) is 0 Å². The molecule has 1 amide bonds. The molecule has 1 rings (SSSR count). The summed E-state index contributed by atoms with van der Waals surface area (Å²) in [6, 6.07) is 3.73. The largest absolute Gasteiger partial charge is 0.273 e. The SMILES string of the molecule is CCCCCCCC(=O)NN=C(C)c1ccc(Cl)s1. The van der Waals surface area contributed by atoms with E-state index >= 15 is 0 Å². The number of carbonyl (C=O) groups is 1. The summed E-state index contributed by atoms with van der Waals surface area (Å²) in [6.45, 7) is 4.05. The van der Waals surface area contributed by atoms with Crippen LogP contribution in [0.25, 0.3) is 0 Å². The molecule has 0 bridgehead atoms. The van der Waals surface area contributed by atoms with Gasteiger partial charge in [0.2, 0.25) is 5.91 Å². The quantitative estimate of drug-likeness (QED) is 0.425. The van der Waals surface area contributed by atoms with Crippen LogP contribution < -0.4 is 5.43 Å². The lowest BCUT2D eigenvalue weighted by atomic mass is 10.1. The first-order valence-corrected chi connectivity index (χ1v) is 7.91. The maximum absolute atomic E-state index is 11.6. The molecule has 1 N–H and O–H groups in total. The molecule has 1 heterocycles. The van der Waals surface area contributed by atoms with Crippen molar-refractivity contribution in [3.05, 3.63) is 21.3 Å². The highest BCUT2D eigenvalue weighted by Crippen LogP contribution is 2.21. The lowest BCUT2D eigenvalue weighted by Crippen LogP contribution is -2.18. The fourth-order valence-electron chi connectivity index (χ4n) is 1.66. The van der Waals surface area contributed by atoms with Gasteiger partial charge in [0, 0.05) is 6.42 Å². The van der Waals surface area contributed by atoms with Gasteiger partial charge in [-0.25, -0.2) is 5.43 Å². The Morgan fingerprint density at radius 3 is 2.68 bits per heavy atom. The van der Waals surface area contributed by atoms with E-state index in [9.17, 15) is 4.79 Å². The normalized spacial score (nSPS) is 11.6. The highest BCUT2D eigenvalue weighted by atomic mass is 35.5. The van der Waals surface area contributed by atoms with Crippen molar-refractivity contribution in [2.45, 2.75) is 52.4 Å². The van der Waals surface area contributed by atoms with E-state index < -0.39 is 0 Å². The molecule has 1 aromatic rings. The standard InChI is InChI=1S/C14H21ClN2OS/c1-3-4-5-6-7-8-14(18)17-16-11(2)12-9-10-13(15)19-12/h9-10H,3-8H2,1-2H3,(H,17,18). The van der Waals surface area contributed by atoms with Crippen LogP contribution in [0, 0.1) is 0 Å². The van der Waals surface area contributed by atoms with Crippen molar-refractivity contribution in [1.29, 1.82) is 0 Å². The number of halogens is 1. The molecular formula is C14H21ClN2OS. The minimum Gasteiger partial charge on any atom is -0.273 e. The van der Waals surface area contributed by atoms with Crippen molar-refractivity contribution in [2.75, 3.05) is 0 Å². The summed E-state index contributed by atoms with van der Waals surface area (Å²) in [7, 11) is 0. The smallest absolute Gasteiger partial charge is 0.240 e. The Balaban J connectivity index is 2.25. The van der Waals surface area contributed by atoms with Gasteiger partial charge in [0.25, 0.3) is 0 Å². The second kappa shape index (κ2) is 9.10. The Labute approximate surface area is 124 Å². The number of carbonyl (C=O) groups excluding carboxylic acids is 1. The Morgan fingerprint density at radius 2 is 2.05 bits per heavy atom. The number of hydrogen-bond donors (Lipinski definition) is 1. The van der Waals surface area contributed by atoms with Crippen molar-refractivity contribution < 1.29 is 4.79 Å². The van der Waals surface area contributed by atoms with Crippen LogP contribution in [-0.2, 0) is 4.79 Å². The number of hydrazone groups is 1. The van der Waals surface area contributed by atoms with Gasteiger partial charge in [0.15, 0.2) is 0 Å². The summed E-state index contributed by atoms with van der Waals surface area (Å²) in [5.41, 5.74) is 3.38. The minimum atomic E-state index is -0.0153. The first-order valence-electron chi connectivity index (χ1n) is 6.72. The van der Waals surface area contributed by atoms with E-state index in [-0.39, 0.29) is 5.91 Å². The van der Waals surface area contributed by atoms with Gasteiger partial charge in [-0.15, -0.1) is 11.3 Å². The average Bonchev–Trinajstić information content (AvgIpc) is 2.82. The lowest BCUT2D eigenvalue weighted by Gasteiger charge is -2.01. The molecule has 19 heavy (non-hydrogen) atoms. The molecule has 1 aromatic heterocycles. The van der Waals surface area contributed by atoms with Crippen LogP contribution >= 0.6 is 22.9 Å². The van der Waals surface area contributed by atoms with Crippen molar-refractivity contribution in [2.24, 2.45) is 5.10 Å². The van der Waals surface area contributed by atoms with Gasteiger partial charge >= 0.3 is 0 Å². The molecule has 0 aliphatic carbocycles. The van der Waals surface area contributed by atoms with E-state index in [1.54, 1.807) is 0 Å². The van der Waals surface area contributed by atoms with Gasteiger partial charge in [0.05, 0.1) is 14.9 Å². The van der Waals surface area contributed by atoms with Gasteiger partial charge in [-0.2, -0.15) is 5.10 Å². The van der Waals surface area contributed by atoms with Crippen LogP contribution in [0.2, 0.25) is 4.34 Å². The van der Waals surface area contributed by atoms with Crippen LogP contribution in [0.4, 0.5) is 0 Å². The highest BCUT2D eigenvalue weighted by Gasteiger charge is 2.03. The van der Waals surface area contributed by atoms with Gasteiger partial charge in [-0.3, -0.25) is 4.79 Å². The molecule has 0 aliphatic rings. The number of rotatable bonds is 8. The topological polar surface area (TPSA) is 41.5 Å². The number of nitrogens with one attached hydrogen (secondary N) is 1. The van der Waals surface area contributed by atoms with E-state index in [0.29, 0.717) is 6.42 Å². The molecule has 106 valence electrons. The highest BCUT2D eigenvalue weighted by molar-refractivity contribution is 7.18. The van der Waals surface area contributed by atoms with Crippen LogP contribution in [0.1, 0.15) is 57.2 Å². The maximum atomic E-state index is 11.6. The van der Waals surface area contributed by atoms with E-state index in [1.165, 1.54) is 30.6 Å². The molecule has 0 unspecified atom stereocenters. The summed E-state index contributed by atoms with van der Waals surface area (Å²) in [6.07, 6.45) is 6.28. The molecule has 5 heteroatoms. The number of nitrogens with zero attached hydrogens (tertiary/aromatic N) is 1. The third-order valence-corrected chi connectivity index (χ3v) is 4.13. The fourth-order valence-corrected chi connectivity index (χ4v) is 2.64. The van der Waals surface area contributed by atoms with E-state index in [2.05, 4.69) is 17.5 Å². The number of unbranched alkanes of at least 4 members (excludes halogenated alkanes) is 4. The van der Waals surface area contributed by atoms with Crippen LogP contribution in [-0.4, -0.2) is 11.6 Å². The van der Waals surface area contributed by atoms with Crippen molar-refractivity contribution in [3.63, 3.8) is 0 Å². The van der Waals surface area contributed by atoms with Crippen molar-refractivity contribution >= 4 is 34.6 Å². The molecule has 0 saturated carbocycles. The Kier molecular flexibility index (Phi) is 7.75. The third-order valence-electron chi connectivity index (χ3n) is 2.79. The minimum absolute atomic E-state index is 0.0153. The summed E-state index contributed by atoms with van der Waals surface area (Å²) >= 11 is 7.31. The number of amides is 1. The zero-order valence-corrected chi connectivity index (χ0v) is 13.1. The molecule has 0 fully saturated rings. The summed E-state index contributed by atoms with van der Waals surface area (Å²) in [4.78, 5) is 12.6. The maximum Gasteiger partial charge on any atom is 0.240 e. The number of thiophene rings is 1. The van der Waals surface area contributed by atoms with Crippen molar-refractivity contribution in [3.8, 4) is 0 Å². The van der Waals surface area contributed by atoms with Gasteiger partial charge < -0.3 is 0 Å². The van der Waals surface area contributed by atoms with Gasteiger partial charge in [-0.1, -0.05) is 44.2 Å². The van der Waals surface area contributed by atoms with Crippen molar-refractivity contribution in [1.82, 2.24) is 5.43 Å². The zero-order chi connectivity index (χ0) is 14.1. The van der Waals surface area contributed by atoms with E-state index in [0.717, 1.165) is 27.8 Å². The monoisotopic (exact) mass is 300 g/mol. The summed E-state index contributed by atoms with van der Waals surface area (Å²) < 4.78 is 0.729. The average molecular weight is 301 g/mol. The second-order valence-corrected chi connectivity index (χ2v) is 6.22. The molecule has 0 spiro atoms. The number of hydrogen-bond acceptors (Lipinski definition) is 3. The molecule has 0 aliphatic heterocycles. The predicted octanol–water partition coefficient (Wildman–Crippen LogP) is 4.60. The van der Waals surface area contributed by atoms with Gasteiger partial charge in [-0.05, 0) is 25.5 Å². The fraction of sp³-hybridized carbons (Fsp3) is 0.571. The Morgan fingerprint density at radius 1 is 1.32 bits per heavy atom. The van der Waals surface area contributed by atoms with E-state index in [1.807, 2.05) is 19.1 Å². The third kappa shape index (κ3) is 6.73. The van der Waals surface area contributed by atoms with E-state index in [4.69, 9.17) is 11.6 Å². The van der Waals surface area contributed by atoms with Crippen LogP contribution in [0.3, 0.4) is 0 Å². The second-order valence-electron chi connectivity index (χ2n) is 4.50. The summed E-state index contributed by atoms with van der Waals surface area (Å²) in [5, 5.41) is 4.09. The first-order chi connectivity index (χ1) is 9.13. The zero-order valence-electron chi connectivity index (χ0n) is 11.5. The molecule has 0 radical (unpaired) electrons.